The molecule has 0 saturated carbocycles. The molecular formula is C10H15NOS2. The minimum absolute atomic E-state index is 0.340. The molecule has 0 aliphatic carbocycles. The first kappa shape index (κ1) is 10.5. The Balaban J connectivity index is 2.10. The molecule has 2 atom stereocenters. The van der Waals surface area contributed by atoms with Crippen molar-refractivity contribution in [3.63, 3.8) is 0 Å². The van der Waals surface area contributed by atoms with E-state index in [1.54, 1.807) is 11.3 Å². The average molecular weight is 229 g/mol. The van der Waals surface area contributed by atoms with Crippen molar-refractivity contribution in [3.8, 4) is 0 Å². The van der Waals surface area contributed by atoms with Crippen LogP contribution in [0.25, 0.3) is 0 Å². The van der Waals surface area contributed by atoms with Crippen LogP contribution in [-0.2, 0) is 6.42 Å². The van der Waals surface area contributed by atoms with Crippen molar-refractivity contribution >= 4 is 23.1 Å². The van der Waals surface area contributed by atoms with Crippen LogP contribution in [0.3, 0.4) is 0 Å². The number of thioether (sulfide) groups is 1. The monoisotopic (exact) mass is 229 g/mol. The molecule has 1 aliphatic heterocycles. The molecule has 0 radical (unpaired) electrons. The van der Waals surface area contributed by atoms with E-state index < -0.39 is 5.60 Å². The number of hydrogen-bond acceptors (Lipinski definition) is 4. The maximum Gasteiger partial charge on any atom is 0.0957 e. The van der Waals surface area contributed by atoms with Gasteiger partial charge in [-0.15, -0.1) is 11.3 Å². The zero-order valence-corrected chi connectivity index (χ0v) is 10.1. The summed E-state index contributed by atoms with van der Waals surface area (Å²) in [5, 5.41) is 13.8. The van der Waals surface area contributed by atoms with Crippen molar-refractivity contribution < 1.29 is 5.11 Å². The molecule has 0 aromatic carbocycles. The lowest BCUT2D eigenvalue weighted by atomic mass is 9.94. The van der Waals surface area contributed by atoms with Gasteiger partial charge >= 0.3 is 0 Å². The van der Waals surface area contributed by atoms with E-state index in [2.05, 4.69) is 11.9 Å². The van der Waals surface area contributed by atoms with Crippen LogP contribution in [0.2, 0.25) is 0 Å². The maximum atomic E-state index is 10.4. The Kier molecular flexibility index (Phi) is 2.86. The van der Waals surface area contributed by atoms with Crippen LogP contribution >= 0.6 is 23.1 Å². The topological polar surface area (TPSA) is 33.1 Å². The summed E-state index contributed by atoms with van der Waals surface area (Å²) in [6.45, 7) is 4.11. The second kappa shape index (κ2) is 3.83. The summed E-state index contributed by atoms with van der Waals surface area (Å²) in [7, 11) is 0. The molecule has 78 valence electrons. The fraction of sp³-hybridized carbons (Fsp3) is 0.700. The molecule has 2 heterocycles. The summed E-state index contributed by atoms with van der Waals surface area (Å²) in [6.07, 6.45) is 1.62. The van der Waals surface area contributed by atoms with Crippen molar-refractivity contribution in [1.29, 1.82) is 0 Å². The Morgan fingerprint density at radius 1 is 1.71 bits per heavy atom. The van der Waals surface area contributed by atoms with Crippen LogP contribution in [0.4, 0.5) is 0 Å². The number of nitrogens with zero attached hydrogens (tertiary/aromatic N) is 1. The predicted octanol–water partition coefficient (Wildman–Crippen LogP) is 2.25. The zero-order valence-electron chi connectivity index (χ0n) is 8.49. The van der Waals surface area contributed by atoms with Crippen molar-refractivity contribution in [3.05, 3.63) is 16.1 Å². The first-order chi connectivity index (χ1) is 6.60. The number of rotatable bonds is 2. The SMILES string of the molecule is Cc1csc(CC2(O)CCSC2C)n1. The van der Waals surface area contributed by atoms with Gasteiger partial charge in [0.05, 0.1) is 10.6 Å². The van der Waals surface area contributed by atoms with Gasteiger partial charge in [-0.25, -0.2) is 4.98 Å². The summed E-state index contributed by atoms with van der Waals surface area (Å²) in [6, 6.07) is 0. The van der Waals surface area contributed by atoms with Gasteiger partial charge in [0.25, 0.3) is 0 Å². The van der Waals surface area contributed by atoms with E-state index in [0.29, 0.717) is 5.25 Å². The third-order valence-corrected chi connectivity index (χ3v) is 5.13. The fourth-order valence-corrected chi connectivity index (χ4v) is 3.97. The molecule has 4 heteroatoms. The smallest absolute Gasteiger partial charge is 0.0957 e. The molecule has 1 saturated heterocycles. The highest BCUT2D eigenvalue weighted by Crippen LogP contribution is 2.38. The summed E-state index contributed by atoms with van der Waals surface area (Å²) in [5.41, 5.74) is 0.543. The van der Waals surface area contributed by atoms with Gasteiger partial charge in [-0.2, -0.15) is 11.8 Å². The molecule has 2 nitrogen and oxygen atoms in total. The van der Waals surface area contributed by atoms with Gasteiger partial charge in [-0.3, -0.25) is 0 Å². The summed E-state index contributed by atoms with van der Waals surface area (Å²) in [5.74, 6) is 1.07. The van der Waals surface area contributed by atoms with Gasteiger partial charge in [0.15, 0.2) is 0 Å². The van der Waals surface area contributed by atoms with E-state index in [4.69, 9.17) is 0 Å². The standard InChI is InChI=1S/C10H15NOS2/c1-7-6-14-9(11-7)5-10(12)3-4-13-8(10)2/h6,8,12H,3-5H2,1-2H3. The quantitative estimate of drug-likeness (QED) is 0.844. The Labute approximate surface area is 92.8 Å². The third-order valence-electron chi connectivity index (χ3n) is 2.78. The second-order valence-corrected chi connectivity index (χ2v) is 6.32. The molecule has 2 unspecified atom stereocenters. The van der Waals surface area contributed by atoms with E-state index in [0.717, 1.165) is 29.3 Å². The fourth-order valence-electron chi connectivity index (χ4n) is 1.75. The molecule has 1 aromatic heterocycles. The summed E-state index contributed by atoms with van der Waals surface area (Å²) < 4.78 is 0. The number of aryl methyl sites for hydroxylation is 1. The molecule has 1 aliphatic rings. The summed E-state index contributed by atoms with van der Waals surface area (Å²) >= 11 is 3.51. The van der Waals surface area contributed by atoms with Crippen molar-refractivity contribution in [2.75, 3.05) is 5.75 Å². The molecule has 1 N–H and O–H groups in total. The molecule has 0 amide bonds. The van der Waals surface area contributed by atoms with E-state index in [1.807, 2.05) is 24.1 Å². The molecule has 0 bridgehead atoms. The summed E-state index contributed by atoms with van der Waals surface area (Å²) in [4.78, 5) is 4.40. The maximum absolute atomic E-state index is 10.4. The number of aliphatic hydroxyl groups is 1. The van der Waals surface area contributed by atoms with Crippen LogP contribution in [0.1, 0.15) is 24.0 Å². The molecule has 0 spiro atoms. The van der Waals surface area contributed by atoms with Crippen LogP contribution in [0, 0.1) is 6.92 Å². The Morgan fingerprint density at radius 2 is 2.50 bits per heavy atom. The highest BCUT2D eigenvalue weighted by Gasteiger charge is 2.39. The van der Waals surface area contributed by atoms with Gasteiger partial charge in [0.1, 0.15) is 0 Å². The Morgan fingerprint density at radius 3 is 3.00 bits per heavy atom. The van der Waals surface area contributed by atoms with Gasteiger partial charge in [0, 0.05) is 22.7 Å². The molecule has 1 aromatic rings. The first-order valence-electron chi connectivity index (χ1n) is 4.85. The van der Waals surface area contributed by atoms with E-state index in [1.165, 1.54) is 0 Å². The van der Waals surface area contributed by atoms with E-state index in [9.17, 15) is 5.11 Å². The van der Waals surface area contributed by atoms with Crippen LogP contribution in [0.15, 0.2) is 5.38 Å². The van der Waals surface area contributed by atoms with E-state index in [-0.39, 0.29) is 0 Å². The van der Waals surface area contributed by atoms with Crippen LogP contribution in [0.5, 0.6) is 0 Å². The first-order valence-corrected chi connectivity index (χ1v) is 6.78. The number of hydrogen-bond donors (Lipinski definition) is 1. The highest BCUT2D eigenvalue weighted by atomic mass is 32.2. The molecule has 2 rings (SSSR count). The van der Waals surface area contributed by atoms with E-state index >= 15 is 0 Å². The lowest BCUT2D eigenvalue weighted by Crippen LogP contribution is -2.36. The van der Waals surface area contributed by atoms with Crippen molar-refractivity contribution in [2.24, 2.45) is 0 Å². The van der Waals surface area contributed by atoms with Crippen LogP contribution in [-0.4, -0.2) is 26.7 Å². The Bertz CT molecular complexity index is 326. The average Bonchev–Trinajstić information content (AvgIpc) is 2.62. The normalized spacial score (nSPS) is 32.4. The number of thiazole rings is 1. The third kappa shape index (κ3) is 1.97. The number of aromatic nitrogens is 1. The zero-order chi connectivity index (χ0) is 10.2. The highest BCUT2D eigenvalue weighted by molar-refractivity contribution is 8.00. The minimum Gasteiger partial charge on any atom is -0.388 e. The molecular weight excluding hydrogens is 214 g/mol. The van der Waals surface area contributed by atoms with Crippen molar-refractivity contribution in [1.82, 2.24) is 4.98 Å². The van der Waals surface area contributed by atoms with Gasteiger partial charge < -0.3 is 5.11 Å². The largest absolute Gasteiger partial charge is 0.388 e. The lowest BCUT2D eigenvalue weighted by molar-refractivity contribution is 0.0464. The molecule has 14 heavy (non-hydrogen) atoms. The van der Waals surface area contributed by atoms with Gasteiger partial charge in [-0.1, -0.05) is 6.92 Å². The van der Waals surface area contributed by atoms with Gasteiger partial charge in [0.2, 0.25) is 0 Å². The van der Waals surface area contributed by atoms with Crippen LogP contribution < -0.4 is 0 Å². The second-order valence-electron chi connectivity index (χ2n) is 3.93. The lowest BCUT2D eigenvalue weighted by Gasteiger charge is -2.25. The van der Waals surface area contributed by atoms with Crippen molar-refractivity contribution in [2.45, 2.75) is 37.5 Å². The predicted molar refractivity (Wildman–Crippen MR) is 62.0 cm³/mol. The Hall–Kier alpha value is -0.0600. The molecule has 1 fully saturated rings. The van der Waals surface area contributed by atoms with Gasteiger partial charge in [-0.05, 0) is 19.1 Å². The minimum atomic E-state index is -0.519.